The van der Waals surface area contributed by atoms with E-state index in [0.29, 0.717) is 0 Å². The summed E-state index contributed by atoms with van der Waals surface area (Å²) in [5.41, 5.74) is 0. The van der Waals surface area contributed by atoms with Gasteiger partial charge in [0, 0.05) is 6.42 Å². The van der Waals surface area contributed by atoms with E-state index < -0.39 is 24.1 Å². The van der Waals surface area contributed by atoms with Crippen LogP contribution < -0.4 is 5.32 Å². The molecule has 0 aromatic carbocycles. The number of unbranched alkanes of at least 4 members (excludes halogenated alkanes) is 9. The summed E-state index contributed by atoms with van der Waals surface area (Å²) in [5, 5.41) is 19.7. The van der Waals surface area contributed by atoms with E-state index in [4.69, 9.17) is 14.9 Å². The molecule has 7 nitrogen and oxygen atoms in total. The van der Waals surface area contributed by atoms with Gasteiger partial charge in [-0.2, -0.15) is 0 Å². The van der Waals surface area contributed by atoms with Gasteiger partial charge in [0.15, 0.2) is 0 Å². The fourth-order valence-electron chi connectivity index (χ4n) is 2.46. The van der Waals surface area contributed by atoms with Gasteiger partial charge in [-0.05, 0) is 12.8 Å². The highest BCUT2D eigenvalue weighted by molar-refractivity contribution is 5.80. The van der Waals surface area contributed by atoms with Crippen LogP contribution in [0.5, 0.6) is 0 Å². The van der Waals surface area contributed by atoms with Crippen molar-refractivity contribution in [1.82, 2.24) is 5.32 Å². The van der Waals surface area contributed by atoms with Crippen molar-refractivity contribution in [3.05, 3.63) is 0 Å². The van der Waals surface area contributed by atoms with Crippen LogP contribution in [0.2, 0.25) is 0 Å². The molecule has 0 bridgehead atoms. The standard InChI is InChI=1S/C18H33NO6/c1-2-3-4-5-6-7-8-9-10-11-14-25-18(24)19-15(17(22)23)12-13-16(20)21/h15H,2-14H2,1H3,(H,19,24)(H,20,21)(H,22,23). The maximum atomic E-state index is 11.5. The zero-order valence-corrected chi connectivity index (χ0v) is 15.3. The Hall–Kier alpha value is -1.79. The van der Waals surface area contributed by atoms with Crippen molar-refractivity contribution in [2.45, 2.75) is 90.0 Å². The molecule has 146 valence electrons. The summed E-state index contributed by atoms with van der Waals surface area (Å²) in [5.74, 6) is -2.37. The Morgan fingerprint density at radius 2 is 1.40 bits per heavy atom. The van der Waals surface area contributed by atoms with Gasteiger partial charge >= 0.3 is 18.0 Å². The highest BCUT2D eigenvalue weighted by atomic mass is 16.5. The number of nitrogens with one attached hydrogen (secondary N) is 1. The predicted molar refractivity (Wildman–Crippen MR) is 94.6 cm³/mol. The molecule has 0 spiro atoms. The smallest absolute Gasteiger partial charge is 0.407 e. The molecule has 0 aliphatic rings. The van der Waals surface area contributed by atoms with E-state index in [-0.39, 0.29) is 19.4 Å². The predicted octanol–water partition coefficient (Wildman–Crippen LogP) is 3.95. The fraction of sp³-hybridized carbons (Fsp3) is 0.833. The third-order valence-corrected chi connectivity index (χ3v) is 3.97. The van der Waals surface area contributed by atoms with Crippen LogP contribution in [0.25, 0.3) is 0 Å². The van der Waals surface area contributed by atoms with E-state index in [9.17, 15) is 14.4 Å². The lowest BCUT2D eigenvalue weighted by molar-refractivity contribution is -0.140. The van der Waals surface area contributed by atoms with Crippen LogP contribution >= 0.6 is 0 Å². The summed E-state index contributed by atoms with van der Waals surface area (Å²) in [4.78, 5) is 32.9. The SMILES string of the molecule is CCCCCCCCCCCCOC(=O)NC(CCC(=O)O)C(=O)O. The number of carbonyl (C=O) groups is 3. The van der Waals surface area contributed by atoms with Crippen LogP contribution in [-0.2, 0) is 14.3 Å². The van der Waals surface area contributed by atoms with E-state index >= 15 is 0 Å². The van der Waals surface area contributed by atoms with Crippen molar-refractivity contribution in [1.29, 1.82) is 0 Å². The maximum Gasteiger partial charge on any atom is 0.407 e. The number of rotatable bonds is 16. The van der Waals surface area contributed by atoms with Crippen LogP contribution in [0.4, 0.5) is 4.79 Å². The Labute approximate surface area is 150 Å². The summed E-state index contributed by atoms with van der Waals surface area (Å²) in [6.07, 6.45) is 10.5. The van der Waals surface area contributed by atoms with Gasteiger partial charge in [0.05, 0.1) is 6.61 Å². The molecule has 0 saturated heterocycles. The second-order valence-electron chi connectivity index (χ2n) is 6.29. The van der Waals surface area contributed by atoms with Gasteiger partial charge in [-0.1, -0.05) is 64.7 Å². The Bertz CT molecular complexity index is 386. The van der Waals surface area contributed by atoms with Crippen molar-refractivity contribution in [3.63, 3.8) is 0 Å². The lowest BCUT2D eigenvalue weighted by Gasteiger charge is -2.13. The Morgan fingerprint density at radius 1 is 0.880 bits per heavy atom. The molecule has 7 heteroatoms. The van der Waals surface area contributed by atoms with Gasteiger partial charge in [0.1, 0.15) is 6.04 Å². The molecule has 0 aromatic heterocycles. The third kappa shape index (κ3) is 15.5. The molecule has 0 aliphatic heterocycles. The molecule has 0 saturated carbocycles. The minimum absolute atomic E-state index is 0.169. The van der Waals surface area contributed by atoms with Gasteiger partial charge in [-0.15, -0.1) is 0 Å². The molecule has 0 fully saturated rings. The van der Waals surface area contributed by atoms with Crippen molar-refractivity contribution in [2.24, 2.45) is 0 Å². The van der Waals surface area contributed by atoms with Gasteiger partial charge in [0.2, 0.25) is 0 Å². The number of hydrogen-bond donors (Lipinski definition) is 3. The van der Waals surface area contributed by atoms with Crippen molar-refractivity contribution < 1.29 is 29.3 Å². The second kappa shape index (κ2) is 15.7. The summed E-state index contributed by atoms with van der Waals surface area (Å²) < 4.78 is 4.94. The first-order chi connectivity index (χ1) is 12.0. The molecule has 1 unspecified atom stereocenters. The van der Waals surface area contributed by atoms with Crippen LogP contribution in [0.15, 0.2) is 0 Å². The lowest BCUT2D eigenvalue weighted by atomic mass is 10.1. The topological polar surface area (TPSA) is 113 Å². The van der Waals surface area contributed by atoms with Crippen molar-refractivity contribution in [2.75, 3.05) is 6.61 Å². The number of carbonyl (C=O) groups excluding carboxylic acids is 1. The lowest BCUT2D eigenvalue weighted by Crippen LogP contribution is -2.41. The number of carboxylic acid groups (broad SMARTS) is 2. The molecule has 0 radical (unpaired) electrons. The van der Waals surface area contributed by atoms with Gasteiger partial charge < -0.3 is 20.3 Å². The number of hydrogen-bond acceptors (Lipinski definition) is 4. The van der Waals surface area contributed by atoms with E-state index in [2.05, 4.69) is 12.2 Å². The molecular formula is C18H33NO6. The summed E-state index contributed by atoms with van der Waals surface area (Å²) >= 11 is 0. The summed E-state index contributed by atoms with van der Waals surface area (Å²) in [7, 11) is 0. The molecule has 0 aliphatic carbocycles. The minimum atomic E-state index is -1.27. The summed E-state index contributed by atoms with van der Waals surface area (Å²) in [6, 6.07) is -1.24. The Balaban J connectivity index is 3.58. The van der Waals surface area contributed by atoms with Crippen molar-refractivity contribution in [3.8, 4) is 0 Å². The number of carboxylic acids is 2. The average molecular weight is 359 g/mol. The van der Waals surface area contributed by atoms with Crippen LogP contribution in [0.3, 0.4) is 0 Å². The van der Waals surface area contributed by atoms with Crippen LogP contribution in [0.1, 0.15) is 84.0 Å². The normalized spacial score (nSPS) is 11.7. The van der Waals surface area contributed by atoms with Gasteiger partial charge in [-0.25, -0.2) is 9.59 Å². The zero-order chi connectivity index (χ0) is 18.9. The first-order valence-corrected chi connectivity index (χ1v) is 9.35. The monoisotopic (exact) mass is 359 g/mol. The molecule has 3 N–H and O–H groups in total. The quantitative estimate of drug-likeness (QED) is 0.360. The highest BCUT2D eigenvalue weighted by Crippen LogP contribution is 2.10. The number of ether oxygens (including phenoxy) is 1. The van der Waals surface area contributed by atoms with E-state index in [1.165, 1.54) is 44.9 Å². The van der Waals surface area contributed by atoms with E-state index in [1.807, 2.05) is 0 Å². The van der Waals surface area contributed by atoms with Crippen LogP contribution in [-0.4, -0.2) is 40.9 Å². The van der Waals surface area contributed by atoms with E-state index in [0.717, 1.165) is 19.3 Å². The molecule has 1 amide bonds. The molecular weight excluding hydrogens is 326 g/mol. The molecule has 0 rings (SSSR count). The number of aliphatic carboxylic acids is 2. The minimum Gasteiger partial charge on any atom is -0.481 e. The number of amides is 1. The fourth-order valence-corrected chi connectivity index (χ4v) is 2.46. The molecule has 0 aromatic rings. The van der Waals surface area contributed by atoms with Gasteiger partial charge in [-0.3, -0.25) is 4.79 Å². The zero-order valence-electron chi connectivity index (χ0n) is 15.3. The average Bonchev–Trinajstić information content (AvgIpc) is 2.56. The largest absolute Gasteiger partial charge is 0.481 e. The van der Waals surface area contributed by atoms with E-state index in [1.54, 1.807) is 0 Å². The maximum absolute atomic E-state index is 11.5. The van der Waals surface area contributed by atoms with Gasteiger partial charge in [0.25, 0.3) is 0 Å². The third-order valence-electron chi connectivity index (χ3n) is 3.97. The Kier molecular flexibility index (Phi) is 14.6. The molecule has 25 heavy (non-hydrogen) atoms. The highest BCUT2D eigenvalue weighted by Gasteiger charge is 2.21. The molecule has 0 heterocycles. The molecule has 1 atom stereocenters. The first-order valence-electron chi connectivity index (χ1n) is 9.35. The van der Waals surface area contributed by atoms with Crippen LogP contribution in [0, 0.1) is 0 Å². The summed E-state index contributed by atoms with van der Waals surface area (Å²) in [6.45, 7) is 2.45. The van der Waals surface area contributed by atoms with Crippen molar-refractivity contribution >= 4 is 18.0 Å². The Morgan fingerprint density at radius 3 is 1.88 bits per heavy atom. The number of alkyl carbamates (subject to hydrolysis) is 1. The second-order valence-corrected chi connectivity index (χ2v) is 6.29. The first kappa shape index (κ1) is 23.2.